The van der Waals surface area contributed by atoms with Crippen molar-refractivity contribution in [1.82, 2.24) is 45.0 Å². The number of aryl methyl sites for hydroxylation is 2. The zero-order valence-corrected chi connectivity index (χ0v) is 34.2. The standard InChI is InChI=1S/C42H43ClN12O7/c43-27-7-5-26(6-8-27)37-36-38(44)47-25-48-39(36)54(51-37)17-2-16-53-24-29(50-52-53)23-46-28-9-11-30(12-10-28)62-22-21-61-20-19-60-18-15-45-32-4-1-3-31-35(32)42(59)55(41(31)58)33-13-14-34(56)49-40(33)57/h1,3-12,24-25,33,45-46H,2,13-23H2,(H2,44,47,48)(H,49,56,57). The van der Waals surface area contributed by atoms with E-state index in [0.717, 1.165) is 28.3 Å². The van der Waals surface area contributed by atoms with E-state index in [-0.39, 0.29) is 24.0 Å². The van der Waals surface area contributed by atoms with Crippen LogP contribution in [0.5, 0.6) is 5.75 Å². The van der Waals surface area contributed by atoms with Crippen molar-refractivity contribution in [2.45, 2.75) is 44.9 Å². The number of hydrogen-bond acceptors (Lipinski definition) is 15. The number of amides is 4. The van der Waals surface area contributed by atoms with Gasteiger partial charge < -0.3 is 30.6 Å². The van der Waals surface area contributed by atoms with Gasteiger partial charge in [0.15, 0.2) is 5.65 Å². The Morgan fingerprint density at radius 2 is 1.66 bits per heavy atom. The van der Waals surface area contributed by atoms with Crippen LogP contribution in [0.3, 0.4) is 0 Å². The first-order chi connectivity index (χ1) is 30.2. The number of carbonyl (C=O) groups excluding carboxylic acids is 4. The second-order valence-corrected chi connectivity index (χ2v) is 14.9. The normalized spacial score (nSPS) is 15.0. The number of imide groups is 2. The molecule has 3 aromatic heterocycles. The number of benzene rings is 3. The number of anilines is 3. The lowest BCUT2D eigenvalue weighted by Crippen LogP contribution is -2.54. The Bertz CT molecular complexity index is 2580. The number of nitrogens with zero attached hydrogens (tertiary/aromatic N) is 8. The van der Waals surface area contributed by atoms with Crippen LogP contribution in [0, 0.1) is 0 Å². The Balaban J connectivity index is 0.693. The maximum atomic E-state index is 13.2. The summed E-state index contributed by atoms with van der Waals surface area (Å²) in [5.74, 6) is -1.11. The van der Waals surface area contributed by atoms with Crippen LogP contribution >= 0.6 is 11.6 Å². The van der Waals surface area contributed by atoms with Crippen LogP contribution in [0.4, 0.5) is 17.2 Å². The maximum Gasteiger partial charge on any atom is 0.264 e. The molecule has 1 saturated heterocycles. The molecule has 0 saturated carbocycles. The molecule has 5 heterocycles. The van der Waals surface area contributed by atoms with Crippen molar-refractivity contribution in [2.75, 3.05) is 55.9 Å². The van der Waals surface area contributed by atoms with Crippen LogP contribution in [0.15, 0.2) is 79.3 Å². The van der Waals surface area contributed by atoms with E-state index >= 15 is 0 Å². The summed E-state index contributed by atoms with van der Waals surface area (Å²) in [5, 5.41) is 23.5. The average molecular weight is 863 g/mol. The minimum atomic E-state index is -1.02. The molecule has 0 spiro atoms. The lowest BCUT2D eigenvalue weighted by atomic mass is 10.0. The van der Waals surface area contributed by atoms with Crippen molar-refractivity contribution in [2.24, 2.45) is 0 Å². The van der Waals surface area contributed by atoms with Crippen LogP contribution in [0.25, 0.3) is 22.3 Å². The average Bonchev–Trinajstić information content (AvgIpc) is 3.96. The molecule has 1 fully saturated rings. The molecule has 19 nitrogen and oxygen atoms in total. The fourth-order valence-electron chi connectivity index (χ4n) is 7.23. The molecule has 5 N–H and O–H groups in total. The zero-order valence-electron chi connectivity index (χ0n) is 33.5. The van der Waals surface area contributed by atoms with E-state index in [4.69, 9.17) is 36.6 Å². The Morgan fingerprint density at radius 3 is 2.47 bits per heavy atom. The zero-order chi connectivity index (χ0) is 43.0. The fourth-order valence-corrected chi connectivity index (χ4v) is 7.36. The maximum absolute atomic E-state index is 13.2. The Hall–Kier alpha value is -6.96. The Labute approximate surface area is 359 Å². The van der Waals surface area contributed by atoms with Crippen molar-refractivity contribution < 1.29 is 33.4 Å². The van der Waals surface area contributed by atoms with Gasteiger partial charge in [-0.15, -0.1) is 5.10 Å². The molecular weight excluding hydrogens is 820 g/mol. The molecule has 1 unspecified atom stereocenters. The van der Waals surface area contributed by atoms with Crippen LogP contribution in [-0.2, 0) is 38.7 Å². The number of aromatic nitrogens is 7. The summed E-state index contributed by atoms with van der Waals surface area (Å²) in [6, 6.07) is 18.9. The van der Waals surface area contributed by atoms with E-state index in [1.807, 2.05) is 64.1 Å². The molecule has 2 aliphatic rings. The third-order valence-corrected chi connectivity index (χ3v) is 10.5. The quantitative estimate of drug-likeness (QED) is 0.0628. The highest BCUT2D eigenvalue weighted by atomic mass is 35.5. The summed E-state index contributed by atoms with van der Waals surface area (Å²) in [5.41, 5.74) is 11.1. The molecule has 1 atom stereocenters. The third kappa shape index (κ3) is 9.49. The number of fused-ring (bicyclic) bond motifs is 2. The first kappa shape index (κ1) is 41.8. The lowest BCUT2D eigenvalue weighted by Gasteiger charge is -2.27. The number of halogens is 1. The number of carbonyl (C=O) groups is 4. The molecule has 0 aliphatic carbocycles. The number of nitrogens with one attached hydrogen (secondary N) is 3. The molecule has 0 bridgehead atoms. The van der Waals surface area contributed by atoms with Crippen LogP contribution in [-0.4, -0.2) is 109 Å². The van der Waals surface area contributed by atoms with E-state index in [1.54, 1.807) is 18.2 Å². The number of piperidine rings is 1. The van der Waals surface area contributed by atoms with Gasteiger partial charge in [-0.05, 0) is 61.4 Å². The van der Waals surface area contributed by atoms with Gasteiger partial charge in [0.2, 0.25) is 11.8 Å². The second-order valence-electron chi connectivity index (χ2n) is 14.4. The summed E-state index contributed by atoms with van der Waals surface area (Å²) < 4.78 is 20.8. The van der Waals surface area contributed by atoms with E-state index in [1.165, 1.54) is 6.33 Å². The third-order valence-electron chi connectivity index (χ3n) is 10.2. The predicted octanol–water partition coefficient (Wildman–Crippen LogP) is 3.95. The molecule has 2 aliphatic heterocycles. The molecule has 4 amide bonds. The Morgan fingerprint density at radius 1 is 0.871 bits per heavy atom. The number of rotatable bonds is 20. The predicted molar refractivity (Wildman–Crippen MR) is 227 cm³/mol. The van der Waals surface area contributed by atoms with Gasteiger partial charge in [-0.25, -0.2) is 14.6 Å². The highest BCUT2D eigenvalue weighted by Crippen LogP contribution is 2.33. The minimum Gasteiger partial charge on any atom is -0.491 e. The van der Waals surface area contributed by atoms with Crippen molar-refractivity contribution >= 4 is 63.5 Å². The number of hydrogen-bond donors (Lipinski definition) is 4. The van der Waals surface area contributed by atoms with E-state index in [9.17, 15) is 19.2 Å². The first-order valence-corrected chi connectivity index (χ1v) is 20.4. The highest BCUT2D eigenvalue weighted by Gasteiger charge is 2.45. The molecular formula is C42H43ClN12O7. The van der Waals surface area contributed by atoms with Crippen molar-refractivity contribution in [3.05, 3.63) is 101 Å². The van der Waals surface area contributed by atoms with Gasteiger partial charge in [-0.2, -0.15) is 5.10 Å². The summed E-state index contributed by atoms with van der Waals surface area (Å²) in [7, 11) is 0. The molecule has 20 heteroatoms. The summed E-state index contributed by atoms with van der Waals surface area (Å²) in [4.78, 5) is 59.8. The lowest BCUT2D eigenvalue weighted by molar-refractivity contribution is -0.136. The van der Waals surface area contributed by atoms with Crippen LogP contribution < -0.4 is 26.4 Å². The summed E-state index contributed by atoms with van der Waals surface area (Å²) in [6.07, 6.45) is 4.25. The van der Waals surface area contributed by atoms with Crippen LogP contribution in [0.2, 0.25) is 5.02 Å². The summed E-state index contributed by atoms with van der Waals surface area (Å²) in [6.45, 7) is 3.87. The van der Waals surface area contributed by atoms with Gasteiger partial charge in [-0.3, -0.25) is 34.1 Å². The van der Waals surface area contributed by atoms with Gasteiger partial charge in [-0.1, -0.05) is 35.0 Å². The van der Waals surface area contributed by atoms with E-state index in [2.05, 4.69) is 36.2 Å². The highest BCUT2D eigenvalue weighted by molar-refractivity contribution is 6.30. The van der Waals surface area contributed by atoms with Gasteiger partial charge in [0.1, 0.15) is 41.9 Å². The summed E-state index contributed by atoms with van der Waals surface area (Å²) >= 11 is 6.09. The fraction of sp³-hybridized carbons (Fsp3) is 0.310. The Kier molecular flexibility index (Phi) is 12.9. The van der Waals surface area contributed by atoms with Crippen molar-refractivity contribution in [3.63, 3.8) is 0 Å². The first-order valence-electron chi connectivity index (χ1n) is 20.1. The smallest absolute Gasteiger partial charge is 0.264 e. The molecule has 3 aromatic carbocycles. The van der Waals surface area contributed by atoms with Gasteiger partial charge in [0.25, 0.3) is 11.8 Å². The monoisotopic (exact) mass is 862 g/mol. The van der Waals surface area contributed by atoms with E-state index in [0.29, 0.717) is 98.2 Å². The topological polar surface area (TPSA) is 236 Å². The number of ether oxygens (including phenoxy) is 3. The van der Waals surface area contributed by atoms with E-state index < -0.39 is 29.7 Å². The minimum absolute atomic E-state index is 0.0596. The molecule has 320 valence electrons. The number of nitrogen functional groups attached to an aromatic ring is 1. The van der Waals surface area contributed by atoms with Crippen molar-refractivity contribution in [3.8, 4) is 17.0 Å². The van der Waals surface area contributed by atoms with Gasteiger partial charge in [0.05, 0.1) is 55.7 Å². The van der Waals surface area contributed by atoms with Gasteiger partial charge >= 0.3 is 0 Å². The number of nitrogens with two attached hydrogens (primary N) is 1. The molecule has 0 radical (unpaired) electrons. The largest absolute Gasteiger partial charge is 0.491 e. The van der Waals surface area contributed by atoms with Crippen molar-refractivity contribution in [1.29, 1.82) is 0 Å². The SMILES string of the molecule is Nc1ncnc2c1c(-c1ccc(Cl)cc1)nn2CCCn1cc(CNc2ccc(OCCOCCOCCNc3cccc4c3C(=O)N(C3CCC(=O)NC3=O)C4=O)cc2)nn1. The van der Waals surface area contributed by atoms with Gasteiger partial charge in [0, 0.05) is 48.0 Å². The molecule has 6 aromatic rings. The van der Waals surface area contributed by atoms with Crippen LogP contribution in [0.1, 0.15) is 45.7 Å². The molecule has 8 rings (SSSR count). The second kappa shape index (κ2) is 19.2. The molecule has 62 heavy (non-hydrogen) atoms.